The number of carbonyl (C=O) groups is 2. The fraction of sp³-hybridized carbons (Fsp3) is 0.732. The number of aliphatic hydroxyl groups excluding tert-OH is 2. The molecule has 18 atom stereocenters. The average molecular weight is 1030 g/mol. The molecule has 17 heteroatoms. The molecule has 2 aromatic rings. The summed E-state index contributed by atoms with van der Waals surface area (Å²) < 4.78 is 50.9. The van der Waals surface area contributed by atoms with Crippen LogP contribution in [0, 0.1) is 23.7 Å². The van der Waals surface area contributed by atoms with Gasteiger partial charge in [0.05, 0.1) is 54.4 Å². The Balaban J connectivity index is 1.50. The van der Waals surface area contributed by atoms with Gasteiger partial charge < -0.3 is 68.1 Å². The average Bonchev–Trinajstić information content (AvgIpc) is 3.34. The molecule has 3 saturated heterocycles. The van der Waals surface area contributed by atoms with Gasteiger partial charge >= 0.3 is 11.9 Å². The molecule has 0 aliphatic carbocycles. The van der Waals surface area contributed by atoms with E-state index in [9.17, 15) is 30.0 Å². The van der Waals surface area contributed by atoms with Crippen LogP contribution in [0.2, 0.25) is 0 Å². The minimum Gasteiger partial charge on any atom is -0.493 e. The summed E-state index contributed by atoms with van der Waals surface area (Å²) in [4.78, 5) is 35.8. The minimum atomic E-state index is -1.99. The molecule has 2 unspecified atom stereocenters. The van der Waals surface area contributed by atoms with Crippen molar-refractivity contribution >= 4 is 17.7 Å². The van der Waals surface area contributed by atoms with Gasteiger partial charge in [-0.2, -0.15) is 0 Å². The molecule has 0 aromatic heterocycles. The van der Waals surface area contributed by atoms with E-state index in [4.69, 9.17) is 42.7 Å². The second-order valence-electron chi connectivity index (χ2n) is 21.7. The number of benzene rings is 2. The lowest BCUT2D eigenvalue weighted by atomic mass is 9.73. The molecule has 0 radical (unpaired) electrons. The molecule has 73 heavy (non-hydrogen) atoms. The van der Waals surface area contributed by atoms with E-state index in [0.29, 0.717) is 38.0 Å². The van der Waals surface area contributed by atoms with Gasteiger partial charge in [0.2, 0.25) is 0 Å². The number of likely N-dealkylation sites (N-methyl/N-ethyl adjacent to an activating group) is 1. The van der Waals surface area contributed by atoms with E-state index in [2.05, 4.69) is 5.16 Å². The lowest BCUT2D eigenvalue weighted by molar-refractivity contribution is -0.318. The van der Waals surface area contributed by atoms with Gasteiger partial charge in [-0.25, -0.2) is 0 Å². The van der Waals surface area contributed by atoms with E-state index in [0.717, 1.165) is 11.3 Å². The van der Waals surface area contributed by atoms with Crippen LogP contribution in [0.1, 0.15) is 120 Å². The Morgan fingerprint density at radius 3 is 2.14 bits per heavy atom. The maximum absolute atomic E-state index is 14.7. The Morgan fingerprint density at radius 1 is 0.849 bits per heavy atom. The van der Waals surface area contributed by atoms with Crippen LogP contribution >= 0.6 is 0 Å². The molecule has 4 N–H and O–H groups in total. The molecule has 5 rings (SSSR count). The van der Waals surface area contributed by atoms with Gasteiger partial charge in [-0.05, 0) is 105 Å². The lowest BCUT2D eigenvalue weighted by Crippen LogP contribution is -2.61. The Bertz CT molecular complexity index is 2020. The SMILES string of the molecule is CC[C@H]1OC(=O)[C@H](C)[C@@H](OC2C[C@@](C)(OC)[C@@H](OC(=O)CCCc3ccccc3)[C@H](C)O2)[C@H](C)[C@@H](O[C@@H]2O[C@H](C)C[C@H](N(C)C)[C@H]2O)C(C)(O)C[C@@H](C)/C(=N\OCCCOc2ccccc2)[C@H](C)[C@@H](O)[C@]1(C)O. The van der Waals surface area contributed by atoms with Crippen LogP contribution in [-0.4, -0.2) is 162 Å². The van der Waals surface area contributed by atoms with Crippen molar-refractivity contribution < 1.29 is 72.7 Å². The largest absolute Gasteiger partial charge is 0.493 e. The van der Waals surface area contributed by atoms with Crippen LogP contribution in [-0.2, 0) is 54.0 Å². The normalized spacial score (nSPS) is 38.6. The smallest absolute Gasteiger partial charge is 0.311 e. The number of oxime groups is 1. The number of hydrogen-bond donors (Lipinski definition) is 4. The molecule has 0 spiro atoms. The molecule has 3 heterocycles. The number of esters is 2. The predicted octanol–water partition coefficient (Wildman–Crippen LogP) is 6.63. The summed E-state index contributed by atoms with van der Waals surface area (Å²) in [6.45, 7) is 17.8. The number of rotatable bonds is 18. The van der Waals surface area contributed by atoms with E-state index in [-0.39, 0.29) is 44.4 Å². The molecule has 412 valence electrons. The van der Waals surface area contributed by atoms with Gasteiger partial charge in [0.15, 0.2) is 18.7 Å². The maximum atomic E-state index is 14.7. The van der Waals surface area contributed by atoms with E-state index < -0.39 is 108 Å². The summed E-state index contributed by atoms with van der Waals surface area (Å²) in [7, 11) is 5.27. The summed E-state index contributed by atoms with van der Waals surface area (Å²) >= 11 is 0. The first-order chi connectivity index (χ1) is 34.4. The number of cyclic esters (lactones) is 1. The molecule has 0 saturated carbocycles. The molecule has 2 aromatic carbocycles. The first-order valence-electron chi connectivity index (χ1n) is 26.4. The summed E-state index contributed by atoms with van der Waals surface area (Å²) in [5.41, 5.74) is -3.42. The third-order valence-corrected chi connectivity index (χ3v) is 15.3. The molecule has 17 nitrogen and oxygen atoms in total. The second kappa shape index (κ2) is 26.8. The topological polar surface area (TPSA) is 214 Å². The molecule has 0 bridgehead atoms. The van der Waals surface area contributed by atoms with Gasteiger partial charge in [0.25, 0.3) is 0 Å². The van der Waals surface area contributed by atoms with E-state index in [1.165, 1.54) is 14.0 Å². The zero-order valence-corrected chi connectivity index (χ0v) is 45.7. The van der Waals surface area contributed by atoms with Gasteiger partial charge in [-0.1, -0.05) is 81.4 Å². The number of para-hydroxylation sites is 1. The number of hydrogen-bond acceptors (Lipinski definition) is 17. The molecule has 3 aliphatic rings. The van der Waals surface area contributed by atoms with Gasteiger partial charge in [0.1, 0.15) is 35.8 Å². The Labute approximate surface area is 434 Å². The van der Waals surface area contributed by atoms with Crippen molar-refractivity contribution in [3.63, 3.8) is 0 Å². The summed E-state index contributed by atoms with van der Waals surface area (Å²) in [6, 6.07) is 19.0. The first-order valence-corrected chi connectivity index (χ1v) is 26.4. The zero-order valence-electron chi connectivity index (χ0n) is 45.7. The van der Waals surface area contributed by atoms with Crippen LogP contribution in [0.5, 0.6) is 5.75 Å². The quantitative estimate of drug-likeness (QED) is 0.0701. The number of ether oxygens (including phenoxy) is 8. The fourth-order valence-electron chi connectivity index (χ4n) is 11.0. The highest BCUT2D eigenvalue weighted by atomic mass is 16.7. The van der Waals surface area contributed by atoms with Crippen LogP contribution in [0.25, 0.3) is 0 Å². The van der Waals surface area contributed by atoms with Crippen molar-refractivity contribution in [1.82, 2.24) is 4.90 Å². The number of aryl methyl sites for hydroxylation is 1. The second-order valence-corrected chi connectivity index (χ2v) is 21.7. The third kappa shape index (κ3) is 15.7. The fourth-order valence-corrected chi connectivity index (χ4v) is 11.0. The first kappa shape index (κ1) is 60.1. The van der Waals surface area contributed by atoms with Gasteiger partial charge in [0, 0.05) is 50.2 Å². The Morgan fingerprint density at radius 2 is 1.51 bits per heavy atom. The van der Waals surface area contributed by atoms with Gasteiger partial charge in [-0.15, -0.1) is 0 Å². The summed E-state index contributed by atoms with van der Waals surface area (Å²) in [5, 5.41) is 53.8. The minimum absolute atomic E-state index is 0.0319. The predicted molar refractivity (Wildman–Crippen MR) is 274 cm³/mol. The molecule has 0 amide bonds. The maximum Gasteiger partial charge on any atom is 0.311 e. The Hall–Kier alpha value is -3.75. The Kier molecular flexibility index (Phi) is 22.1. The lowest BCUT2D eigenvalue weighted by Gasteiger charge is -2.49. The molecule has 3 fully saturated rings. The number of carbonyl (C=O) groups excluding carboxylic acids is 2. The van der Waals surface area contributed by atoms with Crippen molar-refractivity contribution in [2.45, 2.75) is 205 Å². The van der Waals surface area contributed by atoms with E-state index >= 15 is 0 Å². The number of aliphatic hydroxyl groups is 4. The number of nitrogens with zero attached hydrogens (tertiary/aromatic N) is 2. The number of methoxy groups -OCH3 is 1. The standard InChI is InChI=1S/C56H88N2O15/c1-14-43-56(10,64)49(61)36(4)46(57-67-30-22-29-66-41-26-19-16-20-27-41)34(2)32-54(8,63)50(73-53-47(60)42(58(11)12)31-35(3)68-53)37(5)48(38(6)52(62)70-43)72-45-33-55(9,65-13)51(39(7)69-45)71-44(59)28-21-25-40-23-17-15-18-24-40/h15-20,23-24,26-27,34-39,42-43,45,47-51,53,60-61,63-64H,14,21-22,25,28-33H2,1-13H3/b57-46+/t34-,35-,36+,37+,38-,39+,42+,43-,45?,47-,48+,49-,50-,51+,53+,54?,55-,56-/m1/s1. The molecule has 3 aliphatic heterocycles. The van der Waals surface area contributed by atoms with Crippen molar-refractivity contribution in [2.75, 3.05) is 34.4 Å². The van der Waals surface area contributed by atoms with Crippen LogP contribution in [0.3, 0.4) is 0 Å². The van der Waals surface area contributed by atoms with Crippen molar-refractivity contribution in [1.29, 1.82) is 0 Å². The van der Waals surface area contributed by atoms with Crippen molar-refractivity contribution in [2.24, 2.45) is 28.8 Å². The monoisotopic (exact) mass is 1030 g/mol. The highest BCUT2D eigenvalue weighted by Gasteiger charge is 2.54. The summed E-state index contributed by atoms with van der Waals surface area (Å²) in [6.07, 6.45) is -7.66. The zero-order chi connectivity index (χ0) is 53.8. The van der Waals surface area contributed by atoms with Crippen LogP contribution in [0.4, 0.5) is 0 Å². The van der Waals surface area contributed by atoms with Crippen molar-refractivity contribution in [3.8, 4) is 5.75 Å². The highest BCUT2D eigenvalue weighted by Crippen LogP contribution is 2.42. The van der Waals surface area contributed by atoms with E-state index in [1.54, 1.807) is 41.5 Å². The van der Waals surface area contributed by atoms with Crippen LogP contribution < -0.4 is 4.74 Å². The molecular weight excluding hydrogens is 941 g/mol. The third-order valence-electron chi connectivity index (χ3n) is 15.3. The van der Waals surface area contributed by atoms with Crippen molar-refractivity contribution in [3.05, 3.63) is 66.2 Å². The van der Waals surface area contributed by atoms with E-state index in [1.807, 2.05) is 100 Å². The van der Waals surface area contributed by atoms with Gasteiger partial charge in [-0.3, -0.25) is 9.59 Å². The molecular formula is C56H88N2O15. The summed E-state index contributed by atoms with van der Waals surface area (Å²) in [5.74, 6) is -3.89. The van der Waals surface area contributed by atoms with Crippen LogP contribution in [0.15, 0.2) is 65.8 Å². The highest BCUT2D eigenvalue weighted by molar-refractivity contribution is 5.88.